The molecule has 2 aromatic heterocycles. The standard InChI is InChI=1S/C42H50FN11O3S/c1-54-36(21-28-23-49-33-9-3-2-8-30(28)33)40(56)51-24-31-29(25-12-14-26(15-13-25)38(46)53-47)16-17-32(43)37(31)58-41-27(7-6-20-48-41)22-50-34(10-4-18-44)39(55)52-35(42(54)57)11-5-19-45/h2-3,6-9,12-17,20,23,34-36,49-50H,4-5,10-11,18-19,21-22,24,44-45,47H2,1H3,(H2,46,53)(H,51,56)(H,52,55)/t34-,35-,36-/m0/s1. The van der Waals surface area contributed by atoms with Crippen molar-refractivity contribution in [3.63, 3.8) is 0 Å². The molecule has 0 radical (unpaired) electrons. The quantitative estimate of drug-likeness (QED) is 0.0444. The first-order valence-corrected chi connectivity index (χ1v) is 20.1. The number of benzene rings is 3. The topological polar surface area (TPSA) is 236 Å². The van der Waals surface area contributed by atoms with E-state index in [-0.39, 0.29) is 42.6 Å². The van der Waals surface area contributed by atoms with E-state index in [0.717, 1.165) is 39.4 Å². The molecule has 0 saturated heterocycles. The number of pyridine rings is 1. The summed E-state index contributed by atoms with van der Waals surface area (Å²) in [5.41, 5.74) is 22.6. The van der Waals surface area contributed by atoms with Crippen LogP contribution in [-0.2, 0) is 33.9 Å². The smallest absolute Gasteiger partial charge is 0.245 e. The number of hydrogen-bond acceptors (Lipinski definition) is 10. The van der Waals surface area contributed by atoms with Crippen molar-refractivity contribution in [3.8, 4) is 11.1 Å². The largest absolute Gasteiger partial charge is 0.382 e. The fraction of sp³-hybridized carbons (Fsp3) is 0.310. The van der Waals surface area contributed by atoms with E-state index in [1.54, 1.807) is 37.5 Å². The van der Waals surface area contributed by atoms with E-state index in [0.29, 0.717) is 54.1 Å². The number of fused-ring (bicyclic) bond motifs is 3. The van der Waals surface area contributed by atoms with Gasteiger partial charge in [0, 0.05) is 55.4 Å². The third-order valence-electron chi connectivity index (χ3n) is 10.4. The number of rotatable bonds is 10. The molecule has 3 atom stereocenters. The van der Waals surface area contributed by atoms with Gasteiger partial charge in [0.25, 0.3) is 0 Å². The maximum absolute atomic E-state index is 16.3. The second-order valence-corrected chi connectivity index (χ2v) is 15.2. The number of nitrogens with two attached hydrogens (primary N) is 4. The Kier molecular flexibility index (Phi) is 14.1. The number of likely N-dealkylation sites (N-methyl/N-ethyl adjacent to an activating group) is 1. The van der Waals surface area contributed by atoms with E-state index in [1.165, 1.54) is 11.0 Å². The third-order valence-corrected chi connectivity index (χ3v) is 11.6. The van der Waals surface area contributed by atoms with Crippen molar-refractivity contribution in [2.45, 2.75) is 73.2 Å². The molecule has 14 nitrogen and oxygen atoms in total. The summed E-state index contributed by atoms with van der Waals surface area (Å²) >= 11 is 1.13. The van der Waals surface area contributed by atoms with Crippen molar-refractivity contribution in [3.05, 3.63) is 113 Å². The van der Waals surface area contributed by atoms with E-state index in [1.807, 2.05) is 48.7 Å². The average Bonchev–Trinajstić information content (AvgIpc) is 3.66. The number of halogens is 1. The molecule has 0 fully saturated rings. The second-order valence-electron chi connectivity index (χ2n) is 14.2. The first kappa shape index (κ1) is 41.8. The van der Waals surface area contributed by atoms with Crippen LogP contribution in [-0.4, -0.2) is 76.7 Å². The highest BCUT2D eigenvalue weighted by Crippen LogP contribution is 2.39. The van der Waals surface area contributed by atoms with Gasteiger partial charge in [-0.15, -0.1) is 0 Å². The van der Waals surface area contributed by atoms with Crippen LogP contribution in [0.2, 0.25) is 0 Å². The number of aromatic amines is 1. The molecule has 5 aromatic rings. The van der Waals surface area contributed by atoms with Gasteiger partial charge in [-0.1, -0.05) is 66.4 Å². The van der Waals surface area contributed by atoms with Gasteiger partial charge in [0.1, 0.15) is 28.8 Å². The summed E-state index contributed by atoms with van der Waals surface area (Å²) in [7, 11) is 1.57. The molecule has 16 heteroatoms. The number of hydrazone groups is 1. The van der Waals surface area contributed by atoms with Gasteiger partial charge in [-0.05, 0) is 84.8 Å². The Hall–Kier alpha value is -5.81. The molecule has 0 aliphatic carbocycles. The van der Waals surface area contributed by atoms with Crippen molar-refractivity contribution in [1.29, 1.82) is 0 Å². The summed E-state index contributed by atoms with van der Waals surface area (Å²) in [6.07, 6.45) is 5.26. The molecule has 12 N–H and O–H groups in total. The highest BCUT2D eigenvalue weighted by atomic mass is 32.2. The van der Waals surface area contributed by atoms with Gasteiger partial charge in [-0.3, -0.25) is 14.4 Å². The first-order chi connectivity index (χ1) is 28.1. The lowest BCUT2D eigenvalue weighted by atomic mass is 9.97. The summed E-state index contributed by atoms with van der Waals surface area (Å²) in [6.45, 7) is 0.779. The molecule has 0 unspecified atom stereocenters. The molecule has 3 amide bonds. The first-order valence-electron chi connectivity index (χ1n) is 19.2. The number of aromatic nitrogens is 2. The summed E-state index contributed by atoms with van der Waals surface area (Å²) < 4.78 is 16.3. The molecule has 304 valence electrons. The van der Waals surface area contributed by atoms with E-state index in [4.69, 9.17) is 23.0 Å². The van der Waals surface area contributed by atoms with Crippen molar-refractivity contribution in [2.24, 2.45) is 28.1 Å². The highest BCUT2D eigenvalue weighted by molar-refractivity contribution is 7.99. The summed E-state index contributed by atoms with van der Waals surface area (Å²) in [5.74, 6) is 3.77. The van der Waals surface area contributed by atoms with Crippen molar-refractivity contribution < 1.29 is 18.8 Å². The van der Waals surface area contributed by atoms with Crippen LogP contribution in [0.25, 0.3) is 22.0 Å². The average molecular weight is 808 g/mol. The highest BCUT2D eigenvalue weighted by Gasteiger charge is 2.34. The Labute approximate surface area is 340 Å². The molecule has 1 aliphatic heterocycles. The van der Waals surface area contributed by atoms with Crippen LogP contribution in [0.15, 0.2) is 100 Å². The maximum atomic E-state index is 16.3. The number of nitrogens with zero attached hydrogens (tertiary/aromatic N) is 3. The van der Waals surface area contributed by atoms with Gasteiger partial charge in [0.2, 0.25) is 17.7 Å². The maximum Gasteiger partial charge on any atom is 0.245 e. The fourth-order valence-electron chi connectivity index (χ4n) is 7.14. The zero-order chi connectivity index (χ0) is 41.2. The van der Waals surface area contributed by atoms with Crippen LogP contribution < -0.4 is 39.0 Å². The molecule has 3 heterocycles. The van der Waals surface area contributed by atoms with E-state index < -0.39 is 35.8 Å². The summed E-state index contributed by atoms with van der Waals surface area (Å²) in [4.78, 5) is 52.7. The van der Waals surface area contributed by atoms with Gasteiger partial charge in [-0.2, -0.15) is 5.10 Å². The number of H-pyrrole nitrogens is 1. The Morgan fingerprint density at radius 3 is 2.41 bits per heavy atom. The van der Waals surface area contributed by atoms with Crippen LogP contribution in [0.4, 0.5) is 4.39 Å². The molecule has 6 rings (SSSR count). The number of carbonyl (C=O) groups excluding carboxylic acids is 3. The van der Waals surface area contributed by atoms with E-state index in [2.05, 4.69) is 31.0 Å². The van der Waals surface area contributed by atoms with Crippen LogP contribution in [0.3, 0.4) is 0 Å². The Morgan fingerprint density at radius 1 is 0.931 bits per heavy atom. The van der Waals surface area contributed by atoms with Crippen LogP contribution >= 0.6 is 11.8 Å². The predicted octanol–water partition coefficient (Wildman–Crippen LogP) is 3.22. The van der Waals surface area contributed by atoms with E-state index >= 15 is 4.39 Å². The van der Waals surface area contributed by atoms with Gasteiger partial charge in [0.05, 0.1) is 10.9 Å². The van der Waals surface area contributed by atoms with Gasteiger partial charge in [-0.25, -0.2) is 9.37 Å². The molecule has 0 bridgehead atoms. The minimum atomic E-state index is -1.03. The molecule has 58 heavy (non-hydrogen) atoms. The van der Waals surface area contributed by atoms with Crippen molar-refractivity contribution in [1.82, 2.24) is 30.8 Å². The molecular weight excluding hydrogens is 758 g/mol. The fourth-order valence-corrected chi connectivity index (χ4v) is 8.19. The molecular formula is C42H50FN11O3S. The monoisotopic (exact) mass is 807 g/mol. The molecule has 1 aliphatic rings. The number of para-hydroxylation sites is 1. The minimum Gasteiger partial charge on any atom is -0.382 e. The molecule has 0 spiro atoms. The van der Waals surface area contributed by atoms with E-state index in [9.17, 15) is 14.4 Å². The Bertz CT molecular complexity index is 2270. The second kappa shape index (κ2) is 19.6. The zero-order valence-corrected chi connectivity index (χ0v) is 33.2. The van der Waals surface area contributed by atoms with Crippen molar-refractivity contribution in [2.75, 3.05) is 20.1 Å². The molecule has 0 saturated carbocycles. The van der Waals surface area contributed by atoms with Crippen LogP contribution in [0.5, 0.6) is 0 Å². The lowest BCUT2D eigenvalue weighted by Gasteiger charge is -2.32. The van der Waals surface area contributed by atoms with Gasteiger partial charge < -0.3 is 48.9 Å². The van der Waals surface area contributed by atoms with Crippen LogP contribution in [0.1, 0.15) is 47.9 Å². The van der Waals surface area contributed by atoms with Crippen LogP contribution in [0, 0.1) is 5.82 Å². The Balaban J connectivity index is 1.48. The zero-order valence-electron chi connectivity index (χ0n) is 32.3. The van der Waals surface area contributed by atoms with Crippen molar-refractivity contribution >= 4 is 46.2 Å². The number of nitrogens with one attached hydrogen (secondary N) is 4. The SMILES string of the molecule is CN1C(=O)[C@H](CCCN)NC(=O)[C@H](CCCN)NCc2cccnc2Sc2c(F)ccc(-c3ccc(/C(N)=N/N)cc3)c2CNC(=O)[C@@H]1Cc1c[nH]c2ccccc12. The number of amides is 3. The Morgan fingerprint density at radius 2 is 1.67 bits per heavy atom. The lowest BCUT2D eigenvalue weighted by Crippen LogP contribution is -2.57. The number of amidine groups is 1. The van der Waals surface area contributed by atoms with Gasteiger partial charge >= 0.3 is 0 Å². The summed E-state index contributed by atoms with van der Waals surface area (Å²) in [6, 6.07) is 18.8. The minimum absolute atomic E-state index is 0.0935. The number of hydrogen-bond donors (Lipinski definition) is 8. The predicted molar refractivity (Wildman–Crippen MR) is 225 cm³/mol. The molecule has 3 aromatic carbocycles. The normalized spacial score (nSPS) is 18.6. The lowest BCUT2D eigenvalue weighted by molar-refractivity contribution is -0.142. The summed E-state index contributed by atoms with van der Waals surface area (Å²) in [5, 5.41) is 14.4. The third kappa shape index (κ3) is 9.65. The van der Waals surface area contributed by atoms with Gasteiger partial charge in [0.15, 0.2) is 0 Å². The number of carbonyl (C=O) groups is 3.